The van der Waals surface area contributed by atoms with Crippen LogP contribution in [0.1, 0.15) is 56.1 Å². The van der Waals surface area contributed by atoms with Crippen LogP contribution < -0.4 is 6.15 Å². The van der Waals surface area contributed by atoms with Crippen LogP contribution in [0.15, 0.2) is 18.2 Å². The van der Waals surface area contributed by atoms with Gasteiger partial charge >= 0.3 is 0 Å². The zero-order valence-electron chi connectivity index (χ0n) is 12.9. The third kappa shape index (κ3) is 2.01. The molecule has 0 aromatic heterocycles. The highest BCUT2D eigenvalue weighted by atomic mass is 16.3. The van der Waals surface area contributed by atoms with Crippen LogP contribution in [0, 0.1) is 17.3 Å². The first-order valence-electron chi connectivity index (χ1n) is 8.09. The fourth-order valence-corrected chi connectivity index (χ4v) is 5.54. The van der Waals surface area contributed by atoms with Crippen molar-refractivity contribution >= 4 is 0 Å². The van der Waals surface area contributed by atoms with Crippen LogP contribution >= 0.6 is 0 Å². The molecule has 0 radical (unpaired) electrons. The molecule has 3 aliphatic rings. The quantitative estimate of drug-likeness (QED) is 0.680. The second-order valence-electron chi connectivity index (χ2n) is 7.44. The van der Waals surface area contributed by atoms with Gasteiger partial charge in [0.15, 0.2) is 0 Å². The lowest BCUT2D eigenvalue weighted by atomic mass is 9.55. The molecule has 1 unspecified atom stereocenters. The van der Waals surface area contributed by atoms with Gasteiger partial charge in [0.05, 0.1) is 6.10 Å². The van der Waals surface area contributed by atoms with Gasteiger partial charge < -0.3 is 16.4 Å². The fraction of sp³-hybridized carbons (Fsp3) is 0.667. The Morgan fingerprint density at radius 2 is 1.95 bits per heavy atom. The summed E-state index contributed by atoms with van der Waals surface area (Å²) in [5.74, 6) is 2.49. The molecule has 0 aliphatic heterocycles. The largest absolute Gasteiger partial charge is 0.508 e. The van der Waals surface area contributed by atoms with Gasteiger partial charge in [-0.25, -0.2) is 0 Å². The Balaban J connectivity index is 0.00000132. The van der Waals surface area contributed by atoms with E-state index >= 15 is 0 Å². The van der Waals surface area contributed by atoms with Crippen LogP contribution in [0.3, 0.4) is 0 Å². The van der Waals surface area contributed by atoms with Crippen LogP contribution in [0.4, 0.5) is 0 Å². The average Bonchev–Trinajstić information content (AvgIpc) is 2.74. The van der Waals surface area contributed by atoms with Gasteiger partial charge in [0.1, 0.15) is 5.75 Å². The predicted octanol–water partition coefficient (Wildman–Crippen LogP) is 3.77. The Labute approximate surface area is 127 Å². The first-order valence-corrected chi connectivity index (χ1v) is 8.09. The third-order valence-electron chi connectivity index (χ3n) is 6.66. The SMILES string of the molecule is C[C@]12CC[C@@H]3c4ccc(O)cc4CC[C@H]3[C@@H]1CCC2O.N. The molecule has 4 rings (SSSR count). The van der Waals surface area contributed by atoms with Gasteiger partial charge in [0.2, 0.25) is 0 Å². The molecule has 3 heteroatoms. The summed E-state index contributed by atoms with van der Waals surface area (Å²) in [6.45, 7) is 2.32. The van der Waals surface area contributed by atoms with E-state index in [0.717, 1.165) is 25.2 Å². The number of aliphatic hydroxyl groups excluding tert-OH is 1. The van der Waals surface area contributed by atoms with E-state index in [1.165, 1.54) is 30.4 Å². The molecule has 0 saturated heterocycles. The smallest absolute Gasteiger partial charge is 0.115 e. The van der Waals surface area contributed by atoms with Gasteiger partial charge in [0.25, 0.3) is 0 Å². The molecule has 2 saturated carbocycles. The van der Waals surface area contributed by atoms with E-state index in [9.17, 15) is 10.2 Å². The maximum Gasteiger partial charge on any atom is 0.115 e. The molecule has 0 bridgehead atoms. The summed E-state index contributed by atoms with van der Waals surface area (Å²) in [6, 6.07) is 5.96. The van der Waals surface area contributed by atoms with E-state index in [4.69, 9.17) is 0 Å². The molecule has 3 aliphatic carbocycles. The predicted molar refractivity (Wildman–Crippen MR) is 83.8 cm³/mol. The summed E-state index contributed by atoms with van der Waals surface area (Å²) in [4.78, 5) is 0. The van der Waals surface area contributed by atoms with Gasteiger partial charge in [-0.05, 0) is 85.0 Å². The summed E-state index contributed by atoms with van der Waals surface area (Å²) in [5, 5.41) is 20.0. The number of hydrogen-bond acceptors (Lipinski definition) is 3. The molecule has 116 valence electrons. The van der Waals surface area contributed by atoms with E-state index < -0.39 is 0 Å². The van der Waals surface area contributed by atoms with Gasteiger partial charge in [-0.2, -0.15) is 0 Å². The van der Waals surface area contributed by atoms with E-state index in [1.807, 2.05) is 12.1 Å². The Morgan fingerprint density at radius 3 is 2.76 bits per heavy atom. The van der Waals surface area contributed by atoms with Crippen LogP contribution in [-0.4, -0.2) is 16.3 Å². The monoisotopic (exact) mass is 289 g/mol. The van der Waals surface area contributed by atoms with E-state index in [1.54, 1.807) is 0 Å². The normalized spacial score (nSPS) is 40.7. The minimum absolute atomic E-state index is 0. The number of hydrogen-bond donors (Lipinski definition) is 3. The molecular formula is C18H27NO2. The molecule has 1 aromatic rings. The first-order chi connectivity index (χ1) is 9.59. The molecule has 2 fully saturated rings. The van der Waals surface area contributed by atoms with Gasteiger partial charge in [0, 0.05) is 0 Å². The molecule has 0 spiro atoms. The van der Waals surface area contributed by atoms with Crippen molar-refractivity contribution in [2.24, 2.45) is 17.3 Å². The second-order valence-corrected chi connectivity index (χ2v) is 7.44. The van der Waals surface area contributed by atoms with Gasteiger partial charge in [-0.15, -0.1) is 0 Å². The number of fused-ring (bicyclic) bond motifs is 5. The van der Waals surface area contributed by atoms with Crippen molar-refractivity contribution in [3.05, 3.63) is 29.3 Å². The minimum atomic E-state index is -0.0883. The Kier molecular flexibility index (Phi) is 3.53. The summed E-state index contributed by atoms with van der Waals surface area (Å²) in [6.07, 6.45) is 6.78. The number of phenolic OH excluding ortho intramolecular Hbond substituents is 1. The average molecular weight is 289 g/mol. The number of aryl methyl sites for hydroxylation is 1. The van der Waals surface area contributed by atoms with Crippen molar-refractivity contribution in [1.82, 2.24) is 6.15 Å². The highest BCUT2D eigenvalue weighted by Crippen LogP contribution is 2.60. The summed E-state index contributed by atoms with van der Waals surface area (Å²) in [5.41, 5.74) is 2.99. The maximum atomic E-state index is 10.4. The van der Waals surface area contributed by atoms with Crippen molar-refractivity contribution < 1.29 is 10.2 Å². The van der Waals surface area contributed by atoms with Crippen LogP contribution in [0.2, 0.25) is 0 Å². The van der Waals surface area contributed by atoms with Crippen molar-refractivity contribution in [3.8, 4) is 5.75 Å². The Hall–Kier alpha value is -1.06. The van der Waals surface area contributed by atoms with Crippen molar-refractivity contribution in [3.63, 3.8) is 0 Å². The zero-order valence-corrected chi connectivity index (χ0v) is 12.9. The third-order valence-corrected chi connectivity index (χ3v) is 6.66. The Bertz CT molecular complexity index is 544. The van der Waals surface area contributed by atoms with Gasteiger partial charge in [-0.3, -0.25) is 0 Å². The molecule has 0 heterocycles. The highest BCUT2D eigenvalue weighted by molar-refractivity contribution is 5.40. The summed E-state index contributed by atoms with van der Waals surface area (Å²) in [7, 11) is 0. The lowest BCUT2D eigenvalue weighted by molar-refractivity contribution is -0.0226. The maximum absolute atomic E-state index is 10.4. The summed E-state index contributed by atoms with van der Waals surface area (Å²) >= 11 is 0. The number of benzene rings is 1. The molecule has 3 nitrogen and oxygen atoms in total. The van der Waals surface area contributed by atoms with E-state index in [-0.39, 0.29) is 17.7 Å². The highest BCUT2D eigenvalue weighted by Gasteiger charge is 2.54. The number of aromatic hydroxyl groups is 1. The molecule has 5 N–H and O–H groups in total. The van der Waals surface area contributed by atoms with Crippen molar-refractivity contribution in [2.75, 3.05) is 0 Å². The fourth-order valence-electron chi connectivity index (χ4n) is 5.54. The second kappa shape index (κ2) is 4.99. The van der Waals surface area contributed by atoms with E-state index in [0.29, 0.717) is 17.6 Å². The first kappa shape index (κ1) is 14.9. The molecule has 1 aromatic carbocycles. The van der Waals surface area contributed by atoms with Crippen LogP contribution in [-0.2, 0) is 6.42 Å². The minimum Gasteiger partial charge on any atom is -0.508 e. The Morgan fingerprint density at radius 1 is 1.14 bits per heavy atom. The topological polar surface area (TPSA) is 75.5 Å². The zero-order chi connectivity index (χ0) is 13.9. The van der Waals surface area contributed by atoms with Crippen molar-refractivity contribution in [1.29, 1.82) is 0 Å². The number of rotatable bonds is 0. The standard InChI is InChI=1S/C18H24O2.H3N/c1-18-9-8-14-13-5-3-12(19)10-11(13)2-4-15(14)16(18)6-7-17(18)20;/h3,5,10,14-17,19-20H,2,4,6-9H2,1H3;1H3/t14-,15-,16+,17?,18+;/m1./s1. The summed E-state index contributed by atoms with van der Waals surface area (Å²) < 4.78 is 0. The van der Waals surface area contributed by atoms with Crippen molar-refractivity contribution in [2.45, 2.75) is 57.5 Å². The number of phenols is 1. The van der Waals surface area contributed by atoms with Crippen LogP contribution in [0.5, 0.6) is 5.75 Å². The molecule has 21 heavy (non-hydrogen) atoms. The molecular weight excluding hydrogens is 262 g/mol. The number of aliphatic hydroxyl groups is 1. The molecule has 0 amide bonds. The van der Waals surface area contributed by atoms with Gasteiger partial charge in [-0.1, -0.05) is 13.0 Å². The van der Waals surface area contributed by atoms with Crippen LogP contribution in [0.25, 0.3) is 0 Å². The lowest BCUT2D eigenvalue weighted by Crippen LogP contribution is -2.43. The van der Waals surface area contributed by atoms with E-state index in [2.05, 4.69) is 13.0 Å². The molecule has 5 atom stereocenters. The lowest BCUT2D eigenvalue weighted by Gasteiger charge is -2.50.